The van der Waals surface area contributed by atoms with Crippen molar-refractivity contribution in [2.24, 2.45) is 0 Å². The van der Waals surface area contributed by atoms with Crippen LogP contribution in [0.2, 0.25) is 0 Å². The van der Waals surface area contributed by atoms with Crippen molar-refractivity contribution < 1.29 is 9.31 Å². The quantitative estimate of drug-likeness (QED) is 0.443. The van der Waals surface area contributed by atoms with Crippen LogP contribution in [0.3, 0.4) is 0 Å². The molecule has 2 heterocycles. The summed E-state index contributed by atoms with van der Waals surface area (Å²) in [4.78, 5) is 4.91. The molecule has 1 aliphatic rings. The molecule has 1 saturated heterocycles. The first-order chi connectivity index (χ1) is 15.3. The van der Waals surface area contributed by atoms with Gasteiger partial charge >= 0.3 is 7.12 Å². The van der Waals surface area contributed by atoms with Crippen LogP contribution in [0.15, 0.2) is 72.8 Å². The molecule has 0 amide bonds. The van der Waals surface area contributed by atoms with E-state index in [2.05, 4.69) is 56.5 Å². The van der Waals surface area contributed by atoms with E-state index in [1.165, 1.54) is 0 Å². The van der Waals surface area contributed by atoms with Crippen molar-refractivity contribution in [2.75, 3.05) is 0 Å². The number of para-hydroxylation sites is 2. The summed E-state index contributed by atoms with van der Waals surface area (Å²) in [5.74, 6) is 0.844. The van der Waals surface area contributed by atoms with Gasteiger partial charge in [0, 0.05) is 11.3 Å². The standard InChI is InChI=1S/C26H24BN3O2/c1-25(2)26(3,4)32-27(31-25)20-13-11-19(12-14-20)24-29-22-7-5-6-8-23(22)30(24)21-15-9-18(17-28)10-16-21/h5-16H,1-4H3. The smallest absolute Gasteiger partial charge is 0.399 e. The molecule has 5 rings (SSSR count). The van der Waals surface area contributed by atoms with Crippen molar-refractivity contribution in [3.8, 4) is 23.1 Å². The van der Waals surface area contributed by atoms with Gasteiger partial charge in [-0.3, -0.25) is 4.57 Å². The summed E-state index contributed by atoms with van der Waals surface area (Å²) >= 11 is 0. The Morgan fingerprint density at radius 2 is 1.47 bits per heavy atom. The molecule has 0 unspecified atom stereocenters. The summed E-state index contributed by atoms with van der Waals surface area (Å²) in [5, 5.41) is 9.15. The lowest BCUT2D eigenvalue weighted by molar-refractivity contribution is 0.00578. The predicted molar refractivity (Wildman–Crippen MR) is 127 cm³/mol. The molecule has 158 valence electrons. The molecule has 1 fully saturated rings. The van der Waals surface area contributed by atoms with Crippen LogP contribution < -0.4 is 5.46 Å². The number of nitriles is 1. The summed E-state index contributed by atoms with van der Waals surface area (Å²) in [7, 11) is -0.397. The summed E-state index contributed by atoms with van der Waals surface area (Å²) in [5.41, 5.74) is 4.75. The van der Waals surface area contributed by atoms with Gasteiger partial charge in [0.25, 0.3) is 0 Å². The number of aromatic nitrogens is 2. The third kappa shape index (κ3) is 3.31. The maximum Gasteiger partial charge on any atom is 0.494 e. The molecule has 0 bridgehead atoms. The van der Waals surface area contributed by atoms with Crippen LogP contribution >= 0.6 is 0 Å². The fourth-order valence-electron chi connectivity index (χ4n) is 3.93. The first kappa shape index (κ1) is 20.5. The van der Waals surface area contributed by atoms with Gasteiger partial charge in [-0.05, 0) is 69.6 Å². The molecule has 6 heteroatoms. The number of nitrogens with zero attached hydrogens (tertiary/aromatic N) is 3. The van der Waals surface area contributed by atoms with E-state index in [-0.39, 0.29) is 11.2 Å². The highest BCUT2D eigenvalue weighted by Gasteiger charge is 2.51. The zero-order chi connectivity index (χ0) is 22.5. The number of benzene rings is 3. The molecule has 0 aliphatic carbocycles. The lowest BCUT2D eigenvalue weighted by atomic mass is 9.79. The van der Waals surface area contributed by atoms with Gasteiger partial charge in [0.2, 0.25) is 0 Å². The normalized spacial score (nSPS) is 16.9. The molecule has 0 N–H and O–H groups in total. The molecule has 0 saturated carbocycles. The lowest BCUT2D eigenvalue weighted by Gasteiger charge is -2.32. The minimum Gasteiger partial charge on any atom is -0.399 e. The van der Waals surface area contributed by atoms with Crippen LogP contribution in [-0.4, -0.2) is 27.9 Å². The number of fused-ring (bicyclic) bond motifs is 1. The number of hydrogen-bond donors (Lipinski definition) is 0. The Hall–Kier alpha value is -3.40. The Balaban J connectivity index is 1.56. The van der Waals surface area contributed by atoms with E-state index in [0.717, 1.165) is 33.6 Å². The zero-order valence-electron chi connectivity index (χ0n) is 18.7. The highest BCUT2D eigenvalue weighted by atomic mass is 16.7. The molecule has 1 aromatic heterocycles. The number of rotatable bonds is 3. The molecule has 3 aromatic carbocycles. The van der Waals surface area contributed by atoms with Gasteiger partial charge in [-0.15, -0.1) is 0 Å². The van der Waals surface area contributed by atoms with E-state index in [4.69, 9.17) is 19.6 Å². The maximum atomic E-state index is 9.15. The van der Waals surface area contributed by atoms with Gasteiger partial charge in [-0.2, -0.15) is 5.26 Å². The Morgan fingerprint density at radius 1 is 0.844 bits per heavy atom. The van der Waals surface area contributed by atoms with Crippen LogP contribution in [0.25, 0.3) is 28.1 Å². The average Bonchev–Trinajstić information content (AvgIpc) is 3.28. The van der Waals surface area contributed by atoms with Crippen molar-refractivity contribution in [1.82, 2.24) is 9.55 Å². The van der Waals surface area contributed by atoms with Crippen LogP contribution in [0.5, 0.6) is 0 Å². The number of hydrogen-bond acceptors (Lipinski definition) is 4. The second-order valence-corrected chi connectivity index (χ2v) is 9.13. The second-order valence-electron chi connectivity index (χ2n) is 9.13. The fraction of sp³-hybridized carbons (Fsp3) is 0.231. The highest BCUT2D eigenvalue weighted by molar-refractivity contribution is 6.62. The van der Waals surface area contributed by atoms with E-state index in [1.807, 2.05) is 54.6 Å². The molecule has 0 atom stereocenters. The second kappa shape index (κ2) is 7.34. The van der Waals surface area contributed by atoms with Crippen LogP contribution in [0.4, 0.5) is 0 Å². The summed E-state index contributed by atoms with van der Waals surface area (Å²) in [6, 6.07) is 26.0. The molecule has 1 aliphatic heterocycles. The van der Waals surface area contributed by atoms with Gasteiger partial charge in [-0.1, -0.05) is 36.4 Å². The Morgan fingerprint density at radius 3 is 2.09 bits per heavy atom. The van der Waals surface area contributed by atoms with Gasteiger partial charge in [0.1, 0.15) is 5.82 Å². The van der Waals surface area contributed by atoms with Crippen LogP contribution in [-0.2, 0) is 9.31 Å². The molecule has 5 nitrogen and oxygen atoms in total. The van der Waals surface area contributed by atoms with Crippen molar-refractivity contribution in [3.63, 3.8) is 0 Å². The topological polar surface area (TPSA) is 60.1 Å². The van der Waals surface area contributed by atoms with Gasteiger partial charge < -0.3 is 9.31 Å². The predicted octanol–water partition coefficient (Wildman–Crippen LogP) is 4.86. The molecular weight excluding hydrogens is 397 g/mol. The minimum atomic E-state index is -0.397. The number of imidazole rings is 1. The lowest BCUT2D eigenvalue weighted by Crippen LogP contribution is -2.41. The van der Waals surface area contributed by atoms with Gasteiger partial charge in [-0.25, -0.2) is 4.98 Å². The summed E-state index contributed by atoms with van der Waals surface area (Å²) in [6.07, 6.45) is 0. The molecule has 0 radical (unpaired) electrons. The average molecular weight is 421 g/mol. The molecule has 4 aromatic rings. The van der Waals surface area contributed by atoms with E-state index < -0.39 is 7.12 Å². The zero-order valence-corrected chi connectivity index (χ0v) is 18.7. The molecule has 32 heavy (non-hydrogen) atoms. The van der Waals surface area contributed by atoms with Gasteiger partial charge in [0.15, 0.2) is 0 Å². The highest BCUT2D eigenvalue weighted by Crippen LogP contribution is 2.36. The van der Waals surface area contributed by atoms with E-state index in [1.54, 1.807) is 0 Å². The first-order valence-electron chi connectivity index (χ1n) is 10.7. The van der Waals surface area contributed by atoms with E-state index >= 15 is 0 Å². The summed E-state index contributed by atoms with van der Waals surface area (Å²) in [6.45, 7) is 8.23. The minimum absolute atomic E-state index is 0.375. The third-order valence-electron chi connectivity index (χ3n) is 6.51. The first-order valence-corrected chi connectivity index (χ1v) is 10.7. The summed E-state index contributed by atoms with van der Waals surface area (Å²) < 4.78 is 14.5. The fourth-order valence-corrected chi connectivity index (χ4v) is 3.93. The van der Waals surface area contributed by atoms with Crippen molar-refractivity contribution >= 4 is 23.6 Å². The van der Waals surface area contributed by atoms with Gasteiger partial charge in [0.05, 0.1) is 33.9 Å². The van der Waals surface area contributed by atoms with E-state index in [0.29, 0.717) is 5.56 Å². The Bertz CT molecular complexity index is 1320. The Labute approximate surface area is 188 Å². The molecule has 0 spiro atoms. The van der Waals surface area contributed by atoms with Crippen LogP contribution in [0, 0.1) is 11.3 Å². The molecular formula is C26H24BN3O2. The van der Waals surface area contributed by atoms with E-state index in [9.17, 15) is 0 Å². The third-order valence-corrected chi connectivity index (χ3v) is 6.51. The largest absolute Gasteiger partial charge is 0.494 e. The maximum absolute atomic E-state index is 9.15. The van der Waals surface area contributed by atoms with Crippen molar-refractivity contribution in [1.29, 1.82) is 5.26 Å². The van der Waals surface area contributed by atoms with Crippen molar-refractivity contribution in [2.45, 2.75) is 38.9 Å². The van der Waals surface area contributed by atoms with Crippen LogP contribution in [0.1, 0.15) is 33.3 Å². The monoisotopic (exact) mass is 421 g/mol. The Kier molecular flexibility index (Phi) is 4.70. The SMILES string of the molecule is CC1(C)OB(c2ccc(-c3nc4ccccc4n3-c3ccc(C#N)cc3)cc2)OC1(C)C. The van der Waals surface area contributed by atoms with Crippen molar-refractivity contribution in [3.05, 3.63) is 78.4 Å².